The Morgan fingerprint density at radius 1 is 1.47 bits per heavy atom. The second kappa shape index (κ2) is 5.61. The first kappa shape index (κ1) is 13.9. The molecule has 0 radical (unpaired) electrons. The summed E-state index contributed by atoms with van der Waals surface area (Å²) < 4.78 is 10.6. The molecule has 0 aromatic heterocycles. The van der Waals surface area contributed by atoms with E-state index in [-0.39, 0.29) is 5.97 Å². The minimum absolute atomic E-state index is 0.323. The van der Waals surface area contributed by atoms with Gasteiger partial charge in [-0.15, -0.1) is 0 Å². The zero-order chi connectivity index (χ0) is 13.9. The predicted molar refractivity (Wildman–Crippen MR) is 70.9 cm³/mol. The van der Waals surface area contributed by atoms with Crippen molar-refractivity contribution in [3.8, 4) is 5.75 Å². The molecule has 104 valence electrons. The van der Waals surface area contributed by atoms with E-state index < -0.39 is 11.5 Å². The largest absolute Gasteiger partial charge is 0.493 e. The monoisotopic (exact) mass is 264 g/mol. The number of rotatable bonds is 4. The molecule has 4 nitrogen and oxygen atoms in total. The SMILES string of the molecule is CCOC(=O)C(CC)C1(O)CCOc2ccccc21. The molecule has 1 aromatic rings. The molecule has 0 saturated carbocycles. The fourth-order valence-electron chi connectivity index (χ4n) is 2.71. The Morgan fingerprint density at radius 2 is 2.21 bits per heavy atom. The lowest BCUT2D eigenvalue weighted by Crippen LogP contribution is -2.44. The van der Waals surface area contributed by atoms with E-state index in [1.807, 2.05) is 31.2 Å². The van der Waals surface area contributed by atoms with Crippen LogP contribution in [0, 0.1) is 5.92 Å². The van der Waals surface area contributed by atoms with Gasteiger partial charge in [-0.05, 0) is 19.4 Å². The molecule has 0 spiro atoms. The summed E-state index contributed by atoms with van der Waals surface area (Å²) in [6.45, 7) is 4.39. The molecule has 1 N–H and O–H groups in total. The Morgan fingerprint density at radius 3 is 2.89 bits per heavy atom. The van der Waals surface area contributed by atoms with Crippen LogP contribution < -0.4 is 4.74 Å². The first-order chi connectivity index (χ1) is 9.13. The lowest BCUT2D eigenvalue weighted by Gasteiger charge is -2.38. The molecule has 1 aromatic carbocycles. The highest BCUT2D eigenvalue weighted by molar-refractivity contribution is 5.74. The highest BCUT2D eigenvalue weighted by Gasteiger charge is 2.46. The zero-order valence-corrected chi connectivity index (χ0v) is 11.4. The summed E-state index contributed by atoms with van der Waals surface area (Å²) in [4.78, 5) is 12.1. The van der Waals surface area contributed by atoms with Gasteiger partial charge in [-0.3, -0.25) is 4.79 Å². The van der Waals surface area contributed by atoms with E-state index in [9.17, 15) is 9.90 Å². The van der Waals surface area contributed by atoms with E-state index in [1.165, 1.54) is 0 Å². The number of carbonyl (C=O) groups is 1. The Balaban J connectivity index is 2.39. The van der Waals surface area contributed by atoms with Gasteiger partial charge in [0, 0.05) is 12.0 Å². The van der Waals surface area contributed by atoms with Gasteiger partial charge in [0.25, 0.3) is 0 Å². The number of para-hydroxylation sites is 1. The van der Waals surface area contributed by atoms with Crippen molar-refractivity contribution in [2.24, 2.45) is 5.92 Å². The van der Waals surface area contributed by atoms with Crippen molar-refractivity contribution in [3.05, 3.63) is 29.8 Å². The zero-order valence-electron chi connectivity index (χ0n) is 11.4. The fourth-order valence-corrected chi connectivity index (χ4v) is 2.71. The molecule has 1 aliphatic rings. The van der Waals surface area contributed by atoms with Crippen LogP contribution in [0.1, 0.15) is 32.3 Å². The molecular weight excluding hydrogens is 244 g/mol. The van der Waals surface area contributed by atoms with Gasteiger partial charge >= 0.3 is 5.97 Å². The number of esters is 1. The maximum absolute atomic E-state index is 12.1. The van der Waals surface area contributed by atoms with E-state index in [0.717, 1.165) is 0 Å². The third-order valence-corrected chi connectivity index (χ3v) is 3.65. The van der Waals surface area contributed by atoms with Gasteiger partial charge in [0.05, 0.1) is 19.1 Å². The van der Waals surface area contributed by atoms with Gasteiger partial charge in [-0.25, -0.2) is 0 Å². The summed E-state index contributed by atoms with van der Waals surface area (Å²) in [6, 6.07) is 7.33. The maximum Gasteiger partial charge on any atom is 0.312 e. The van der Waals surface area contributed by atoms with Crippen molar-refractivity contribution in [1.82, 2.24) is 0 Å². The van der Waals surface area contributed by atoms with Gasteiger partial charge < -0.3 is 14.6 Å². The topological polar surface area (TPSA) is 55.8 Å². The molecule has 1 aliphatic heterocycles. The molecule has 4 heteroatoms. The van der Waals surface area contributed by atoms with Crippen LogP contribution >= 0.6 is 0 Å². The van der Waals surface area contributed by atoms with Crippen molar-refractivity contribution in [2.45, 2.75) is 32.3 Å². The smallest absolute Gasteiger partial charge is 0.312 e. The molecule has 19 heavy (non-hydrogen) atoms. The van der Waals surface area contributed by atoms with Crippen molar-refractivity contribution in [3.63, 3.8) is 0 Å². The summed E-state index contributed by atoms with van der Waals surface area (Å²) in [7, 11) is 0. The Kier molecular flexibility index (Phi) is 4.10. The van der Waals surface area contributed by atoms with E-state index in [4.69, 9.17) is 9.47 Å². The third kappa shape index (κ3) is 2.45. The highest BCUT2D eigenvalue weighted by Crippen LogP contribution is 2.43. The maximum atomic E-state index is 12.1. The molecule has 0 bridgehead atoms. The highest BCUT2D eigenvalue weighted by atomic mass is 16.5. The van der Waals surface area contributed by atoms with Crippen LogP contribution in [0.2, 0.25) is 0 Å². The standard InChI is InChI=1S/C15H20O4/c1-3-11(14(16)18-4-2)15(17)9-10-19-13-8-6-5-7-12(13)15/h5-8,11,17H,3-4,9-10H2,1-2H3. The van der Waals surface area contributed by atoms with Crippen molar-refractivity contribution < 1.29 is 19.4 Å². The molecule has 2 unspecified atom stereocenters. The summed E-state index contributed by atoms with van der Waals surface area (Å²) in [5, 5.41) is 11.0. The third-order valence-electron chi connectivity index (χ3n) is 3.65. The van der Waals surface area contributed by atoms with E-state index in [1.54, 1.807) is 6.92 Å². The lowest BCUT2D eigenvalue weighted by molar-refractivity contribution is -0.162. The number of aliphatic hydroxyl groups is 1. The van der Waals surface area contributed by atoms with Crippen LogP contribution in [0.3, 0.4) is 0 Å². The Labute approximate surface area is 113 Å². The summed E-state index contributed by atoms with van der Waals surface area (Å²) in [5.74, 6) is -0.249. The van der Waals surface area contributed by atoms with Crippen molar-refractivity contribution in [2.75, 3.05) is 13.2 Å². The lowest BCUT2D eigenvalue weighted by atomic mass is 9.76. The minimum Gasteiger partial charge on any atom is -0.493 e. The molecular formula is C15H20O4. The first-order valence-electron chi connectivity index (χ1n) is 6.74. The average Bonchev–Trinajstić information content (AvgIpc) is 2.40. The van der Waals surface area contributed by atoms with Crippen LogP contribution in [0.5, 0.6) is 5.75 Å². The summed E-state index contributed by atoms with van der Waals surface area (Å²) in [5.41, 5.74) is -0.517. The molecule has 2 rings (SSSR count). The van der Waals surface area contributed by atoms with Crippen molar-refractivity contribution >= 4 is 5.97 Å². The van der Waals surface area contributed by atoms with E-state index in [0.29, 0.717) is 37.4 Å². The molecule has 0 fully saturated rings. The van der Waals surface area contributed by atoms with Crippen molar-refractivity contribution in [1.29, 1.82) is 0 Å². The van der Waals surface area contributed by atoms with Crippen LogP contribution in [0.15, 0.2) is 24.3 Å². The number of benzene rings is 1. The number of carbonyl (C=O) groups excluding carboxylic acids is 1. The van der Waals surface area contributed by atoms with Gasteiger partial charge in [0.15, 0.2) is 0 Å². The molecule has 2 atom stereocenters. The molecule has 0 aliphatic carbocycles. The molecule has 0 saturated heterocycles. The van der Waals surface area contributed by atoms with Crippen LogP contribution in [0.25, 0.3) is 0 Å². The van der Waals surface area contributed by atoms with Crippen LogP contribution in [-0.4, -0.2) is 24.3 Å². The number of hydrogen-bond donors (Lipinski definition) is 1. The summed E-state index contributed by atoms with van der Waals surface area (Å²) in [6.07, 6.45) is 0.936. The van der Waals surface area contributed by atoms with Gasteiger partial charge in [-0.2, -0.15) is 0 Å². The average molecular weight is 264 g/mol. The Bertz CT molecular complexity index is 457. The second-order valence-corrected chi connectivity index (χ2v) is 4.73. The summed E-state index contributed by atoms with van der Waals surface area (Å²) >= 11 is 0. The van der Waals surface area contributed by atoms with Crippen LogP contribution in [-0.2, 0) is 15.1 Å². The normalized spacial score (nSPS) is 23.1. The van der Waals surface area contributed by atoms with Gasteiger partial charge in [0.1, 0.15) is 11.4 Å². The minimum atomic E-state index is -1.20. The quantitative estimate of drug-likeness (QED) is 0.847. The predicted octanol–water partition coefficient (Wildman–Crippen LogP) is 2.25. The molecule has 1 heterocycles. The van der Waals surface area contributed by atoms with Crippen LogP contribution in [0.4, 0.5) is 0 Å². The Hall–Kier alpha value is -1.55. The van der Waals surface area contributed by atoms with Gasteiger partial charge in [0.2, 0.25) is 0 Å². The first-order valence-corrected chi connectivity index (χ1v) is 6.74. The number of hydrogen-bond acceptors (Lipinski definition) is 4. The second-order valence-electron chi connectivity index (χ2n) is 4.73. The molecule has 0 amide bonds. The van der Waals surface area contributed by atoms with Gasteiger partial charge in [-0.1, -0.05) is 25.1 Å². The van der Waals surface area contributed by atoms with E-state index >= 15 is 0 Å². The number of ether oxygens (including phenoxy) is 2. The van der Waals surface area contributed by atoms with E-state index in [2.05, 4.69) is 0 Å². The fraction of sp³-hybridized carbons (Fsp3) is 0.533. The number of fused-ring (bicyclic) bond motifs is 1.